The Morgan fingerprint density at radius 2 is 2.17 bits per heavy atom. The van der Waals surface area contributed by atoms with Crippen LogP contribution < -0.4 is 5.14 Å². The number of rotatable bonds is 2. The van der Waals surface area contributed by atoms with E-state index in [0.717, 1.165) is 0 Å². The van der Waals surface area contributed by atoms with Crippen LogP contribution >= 0.6 is 0 Å². The molecule has 3 rings (SSSR count). The molecule has 0 aliphatic rings. The number of fused-ring (bicyclic) bond motifs is 1. The Hall–Kier alpha value is -2.33. The Labute approximate surface area is 101 Å². The monoisotopic (exact) mass is 265 g/mol. The zero-order valence-electron chi connectivity index (χ0n) is 8.85. The third-order valence-corrected chi connectivity index (χ3v) is 3.10. The molecule has 18 heavy (non-hydrogen) atoms. The molecule has 3 aromatic heterocycles. The minimum absolute atomic E-state index is 0.224. The van der Waals surface area contributed by atoms with Gasteiger partial charge in [-0.15, -0.1) is 0 Å². The Morgan fingerprint density at radius 1 is 1.33 bits per heavy atom. The smallest absolute Gasteiger partial charge is 0.257 e. The van der Waals surface area contributed by atoms with Crippen molar-refractivity contribution in [2.45, 2.75) is 5.03 Å². The number of nitrogens with zero attached hydrogens (tertiary/aromatic N) is 5. The number of nitrogens with two attached hydrogens (primary N) is 1. The first kappa shape index (κ1) is 10.8. The van der Waals surface area contributed by atoms with Crippen molar-refractivity contribution in [3.05, 3.63) is 24.8 Å². The van der Waals surface area contributed by atoms with E-state index in [4.69, 9.17) is 5.14 Å². The van der Waals surface area contributed by atoms with Gasteiger partial charge in [-0.25, -0.2) is 28.2 Å². The minimum atomic E-state index is -3.83. The summed E-state index contributed by atoms with van der Waals surface area (Å²) in [5, 5.41) is 15.8. The fourth-order valence-corrected chi connectivity index (χ4v) is 1.96. The van der Waals surface area contributed by atoms with Crippen molar-refractivity contribution in [2.75, 3.05) is 0 Å². The molecule has 3 N–H and O–H groups in total. The van der Waals surface area contributed by atoms with Gasteiger partial charge in [-0.3, -0.25) is 5.10 Å². The van der Waals surface area contributed by atoms with E-state index in [1.807, 2.05) is 0 Å². The van der Waals surface area contributed by atoms with E-state index < -0.39 is 10.0 Å². The lowest BCUT2D eigenvalue weighted by Gasteiger charge is -2.00. The van der Waals surface area contributed by atoms with Gasteiger partial charge in [-0.05, 0) is 6.07 Å². The maximum absolute atomic E-state index is 11.1. The molecule has 0 aliphatic heterocycles. The molecular weight excluding hydrogens is 258 g/mol. The minimum Gasteiger partial charge on any atom is -0.261 e. The lowest BCUT2D eigenvalue weighted by molar-refractivity contribution is 0.592. The van der Waals surface area contributed by atoms with Crippen molar-refractivity contribution in [3.63, 3.8) is 0 Å². The summed E-state index contributed by atoms with van der Waals surface area (Å²) in [6.45, 7) is 0. The highest BCUT2D eigenvalue weighted by molar-refractivity contribution is 7.89. The van der Waals surface area contributed by atoms with Crippen LogP contribution in [0.25, 0.3) is 16.9 Å². The van der Waals surface area contributed by atoms with Gasteiger partial charge in [0.15, 0.2) is 16.5 Å². The molecule has 0 unspecified atom stereocenters. The predicted molar refractivity (Wildman–Crippen MR) is 60.2 cm³/mol. The molecule has 0 amide bonds. The van der Waals surface area contributed by atoms with Crippen LogP contribution in [0.5, 0.6) is 0 Å². The van der Waals surface area contributed by atoms with E-state index in [1.165, 1.54) is 29.5 Å². The van der Waals surface area contributed by atoms with Crippen molar-refractivity contribution in [3.8, 4) is 5.82 Å². The zero-order chi connectivity index (χ0) is 12.8. The molecule has 9 nitrogen and oxygen atoms in total. The summed E-state index contributed by atoms with van der Waals surface area (Å²) in [5.74, 6) is 0.420. The lowest BCUT2D eigenvalue weighted by Crippen LogP contribution is -2.13. The molecule has 3 heterocycles. The molecule has 10 heteroatoms. The standard InChI is InChI=1S/C8H7N7O2S/c9-18(16,17)6-1-2-15(14-6)8-5-3-12-13-7(5)10-4-11-8/h1-4H,(H2,9,16,17)(H,10,11,12,13). The Balaban J connectivity index is 2.21. The molecule has 0 saturated heterocycles. The first-order valence-electron chi connectivity index (χ1n) is 4.78. The summed E-state index contributed by atoms with van der Waals surface area (Å²) in [4.78, 5) is 8.01. The summed E-state index contributed by atoms with van der Waals surface area (Å²) in [6, 6.07) is 1.29. The van der Waals surface area contributed by atoms with Crippen LogP contribution in [0.4, 0.5) is 0 Å². The maximum atomic E-state index is 11.1. The van der Waals surface area contributed by atoms with Crippen LogP contribution in [-0.4, -0.2) is 38.4 Å². The van der Waals surface area contributed by atoms with E-state index in [2.05, 4.69) is 25.3 Å². The van der Waals surface area contributed by atoms with Gasteiger partial charge < -0.3 is 0 Å². The van der Waals surface area contributed by atoms with Gasteiger partial charge in [0.05, 0.1) is 11.6 Å². The molecule has 0 aliphatic carbocycles. The average Bonchev–Trinajstić information content (AvgIpc) is 2.96. The Bertz CT molecular complexity index is 819. The molecule has 0 saturated carbocycles. The third kappa shape index (κ3) is 1.63. The molecule has 0 spiro atoms. The molecule has 0 atom stereocenters. The van der Waals surface area contributed by atoms with Crippen LogP contribution in [0.1, 0.15) is 0 Å². The Kier molecular flexibility index (Phi) is 2.15. The third-order valence-electron chi connectivity index (χ3n) is 2.30. The van der Waals surface area contributed by atoms with Crippen LogP contribution in [0, 0.1) is 0 Å². The van der Waals surface area contributed by atoms with E-state index in [-0.39, 0.29) is 5.03 Å². The number of primary sulfonamides is 1. The number of nitrogens with one attached hydrogen (secondary N) is 1. The molecular formula is C8H7N7O2S. The quantitative estimate of drug-likeness (QED) is 0.622. The van der Waals surface area contributed by atoms with Gasteiger partial charge in [0, 0.05) is 6.20 Å². The van der Waals surface area contributed by atoms with E-state index in [1.54, 1.807) is 0 Å². The van der Waals surface area contributed by atoms with Crippen molar-refractivity contribution in [2.24, 2.45) is 5.14 Å². The number of hydrogen-bond acceptors (Lipinski definition) is 6. The highest BCUT2D eigenvalue weighted by atomic mass is 32.2. The largest absolute Gasteiger partial charge is 0.261 e. The van der Waals surface area contributed by atoms with Crippen LogP contribution in [0.3, 0.4) is 0 Å². The fourth-order valence-electron chi connectivity index (χ4n) is 1.51. The number of sulfonamides is 1. The SMILES string of the molecule is NS(=O)(=O)c1ccn(-c2ncnc3[nH]ncc23)n1. The highest BCUT2D eigenvalue weighted by Crippen LogP contribution is 2.15. The van der Waals surface area contributed by atoms with Crippen molar-refractivity contribution < 1.29 is 8.42 Å². The fraction of sp³-hybridized carbons (Fsp3) is 0. The summed E-state index contributed by atoms with van der Waals surface area (Å²) in [5.41, 5.74) is 0.535. The number of hydrogen-bond donors (Lipinski definition) is 2. The van der Waals surface area contributed by atoms with Crippen LogP contribution in [0.2, 0.25) is 0 Å². The van der Waals surface area contributed by atoms with E-state index >= 15 is 0 Å². The second-order valence-corrected chi connectivity index (χ2v) is 4.98. The maximum Gasteiger partial charge on any atom is 0.257 e. The zero-order valence-corrected chi connectivity index (χ0v) is 9.66. The van der Waals surface area contributed by atoms with Gasteiger partial charge in [0.25, 0.3) is 10.0 Å². The topological polar surface area (TPSA) is 132 Å². The van der Waals surface area contributed by atoms with Crippen molar-refractivity contribution in [1.29, 1.82) is 0 Å². The summed E-state index contributed by atoms with van der Waals surface area (Å²) in [6.07, 6.45) is 4.31. The summed E-state index contributed by atoms with van der Waals surface area (Å²) < 4.78 is 23.6. The molecule has 0 radical (unpaired) electrons. The second kappa shape index (κ2) is 3.58. The predicted octanol–water partition coefficient (Wildman–Crippen LogP) is -0.814. The van der Waals surface area contributed by atoms with E-state index in [0.29, 0.717) is 16.9 Å². The number of H-pyrrole nitrogens is 1. The van der Waals surface area contributed by atoms with Crippen LogP contribution in [-0.2, 0) is 10.0 Å². The molecule has 0 aromatic carbocycles. The van der Waals surface area contributed by atoms with Gasteiger partial charge >= 0.3 is 0 Å². The first-order valence-corrected chi connectivity index (χ1v) is 6.33. The molecule has 0 bridgehead atoms. The summed E-state index contributed by atoms with van der Waals surface area (Å²) >= 11 is 0. The Morgan fingerprint density at radius 3 is 2.89 bits per heavy atom. The molecule has 0 fully saturated rings. The van der Waals surface area contributed by atoms with E-state index in [9.17, 15) is 8.42 Å². The van der Waals surface area contributed by atoms with Gasteiger partial charge in [0.1, 0.15) is 6.33 Å². The average molecular weight is 265 g/mol. The van der Waals surface area contributed by atoms with Gasteiger partial charge in [-0.2, -0.15) is 10.2 Å². The normalized spacial score (nSPS) is 12.1. The molecule has 3 aromatic rings. The lowest BCUT2D eigenvalue weighted by atomic mass is 10.4. The van der Waals surface area contributed by atoms with Crippen LogP contribution in [0.15, 0.2) is 29.8 Å². The first-order chi connectivity index (χ1) is 8.55. The van der Waals surface area contributed by atoms with Gasteiger partial charge in [0.2, 0.25) is 0 Å². The molecule has 92 valence electrons. The van der Waals surface area contributed by atoms with Crippen molar-refractivity contribution >= 4 is 21.1 Å². The number of aromatic amines is 1. The number of aromatic nitrogens is 6. The second-order valence-electron chi connectivity index (χ2n) is 3.47. The highest BCUT2D eigenvalue weighted by Gasteiger charge is 2.14. The summed E-state index contributed by atoms with van der Waals surface area (Å²) in [7, 11) is -3.83. The van der Waals surface area contributed by atoms with Crippen molar-refractivity contribution in [1.82, 2.24) is 29.9 Å². The van der Waals surface area contributed by atoms with Gasteiger partial charge in [-0.1, -0.05) is 0 Å².